The Bertz CT molecular complexity index is 1850. The van der Waals surface area contributed by atoms with Crippen LogP contribution < -0.4 is 19.5 Å². The molecule has 4 atom stereocenters. The SMILES string of the molecule is COc1ccc(C(=O)[C@@H]2[C@H](C(=O)c3ccc(OC)cc3OC)[C@]3(C(=O)Nc4ccccc43)[C@@H]3c4ccccc4C=CN23)cc1. The fourth-order valence-corrected chi connectivity index (χ4v) is 7.26. The van der Waals surface area contributed by atoms with Crippen molar-refractivity contribution >= 4 is 29.2 Å². The van der Waals surface area contributed by atoms with Gasteiger partial charge in [0, 0.05) is 23.5 Å². The molecule has 8 heteroatoms. The third-order valence-corrected chi connectivity index (χ3v) is 9.17. The van der Waals surface area contributed by atoms with E-state index in [2.05, 4.69) is 5.32 Å². The number of para-hydroxylation sites is 1. The molecule has 1 saturated heterocycles. The zero-order chi connectivity index (χ0) is 30.6. The first kappa shape index (κ1) is 27.5. The second-order valence-corrected chi connectivity index (χ2v) is 11.1. The smallest absolute Gasteiger partial charge is 0.238 e. The van der Waals surface area contributed by atoms with E-state index in [1.807, 2.05) is 65.7 Å². The van der Waals surface area contributed by atoms with Gasteiger partial charge in [-0.25, -0.2) is 0 Å². The summed E-state index contributed by atoms with van der Waals surface area (Å²) in [6, 6.07) is 25.4. The molecule has 8 nitrogen and oxygen atoms in total. The molecular formula is C36H30N2O6. The minimum atomic E-state index is -1.44. The summed E-state index contributed by atoms with van der Waals surface area (Å²) >= 11 is 0. The molecule has 0 bridgehead atoms. The quantitative estimate of drug-likeness (QED) is 0.278. The van der Waals surface area contributed by atoms with Crippen molar-refractivity contribution < 1.29 is 28.6 Å². The zero-order valence-corrected chi connectivity index (χ0v) is 24.4. The number of amides is 1. The predicted octanol–water partition coefficient (Wildman–Crippen LogP) is 5.69. The van der Waals surface area contributed by atoms with Crippen molar-refractivity contribution in [1.82, 2.24) is 4.90 Å². The molecule has 1 N–H and O–H groups in total. The van der Waals surface area contributed by atoms with Crippen molar-refractivity contribution in [3.63, 3.8) is 0 Å². The minimum absolute atomic E-state index is 0.263. The van der Waals surface area contributed by atoms with Gasteiger partial charge in [-0.1, -0.05) is 42.5 Å². The molecule has 4 aromatic carbocycles. The third kappa shape index (κ3) is 3.80. The molecule has 1 spiro atoms. The Kier molecular flexibility index (Phi) is 6.50. The number of nitrogens with one attached hydrogen (secondary N) is 1. The average Bonchev–Trinajstić information content (AvgIpc) is 3.55. The minimum Gasteiger partial charge on any atom is -0.497 e. The number of hydrogen-bond acceptors (Lipinski definition) is 7. The van der Waals surface area contributed by atoms with Gasteiger partial charge in [-0.05, 0) is 65.2 Å². The van der Waals surface area contributed by atoms with Crippen molar-refractivity contribution in [1.29, 1.82) is 0 Å². The number of fused-ring (bicyclic) bond motifs is 6. The Morgan fingerprint density at radius 3 is 2.25 bits per heavy atom. The Hall–Kier alpha value is -5.37. The molecule has 7 rings (SSSR count). The van der Waals surface area contributed by atoms with Gasteiger partial charge in [-0.3, -0.25) is 14.4 Å². The number of methoxy groups -OCH3 is 3. The first-order valence-electron chi connectivity index (χ1n) is 14.3. The molecule has 0 aliphatic carbocycles. The largest absolute Gasteiger partial charge is 0.497 e. The van der Waals surface area contributed by atoms with Crippen molar-refractivity contribution in [3.05, 3.63) is 125 Å². The lowest BCUT2D eigenvalue weighted by atomic mass is 9.62. The first-order chi connectivity index (χ1) is 21.4. The number of Topliss-reactive ketones (excluding diaryl/α,β-unsaturated/α-hetero) is 2. The maximum Gasteiger partial charge on any atom is 0.238 e. The van der Waals surface area contributed by atoms with Gasteiger partial charge in [-0.15, -0.1) is 0 Å². The van der Waals surface area contributed by atoms with Crippen LogP contribution in [-0.2, 0) is 10.2 Å². The number of hydrogen-bond donors (Lipinski definition) is 1. The number of ether oxygens (including phenoxy) is 3. The van der Waals surface area contributed by atoms with Crippen LogP contribution in [0.4, 0.5) is 5.69 Å². The van der Waals surface area contributed by atoms with Gasteiger partial charge in [0.1, 0.15) is 28.7 Å². The standard InChI is InChI=1S/C36H30N2O6/c1-42-23-14-12-22(13-15-23)32(39)31-30(33(40)26-17-16-24(43-2)20-29(26)44-3)36(27-10-6-7-11-28(27)37-35(36)41)34-25-9-5-4-8-21(25)18-19-38(31)34/h4-20,30-31,34H,1-3H3,(H,37,41)/t30-,31+,34+,36+/m1/s1. The number of carbonyl (C=O) groups is 3. The van der Waals surface area contributed by atoms with Gasteiger partial charge in [0.2, 0.25) is 5.91 Å². The van der Waals surface area contributed by atoms with Gasteiger partial charge in [0.25, 0.3) is 0 Å². The van der Waals surface area contributed by atoms with E-state index in [0.29, 0.717) is 34.1 Å². The highest BCUT2D eigenvalue weighted by Crippen LogP contribution is 2.62. The number of carbonyl (C=O) groups excluding carboxylic acids is 3. The van der Waals surface area contributed by atoms with Crippen LogP contribution in [0.1, 0.15) is 43.4 Å². The second-order valence-electron chi connectivity index (χ2n) is 11.1. The van der Waals surface area contributed by atoms with Crippen LogP contribution in [0.2, 0.25) is 0 Å². The monoisotopic (exact) mass is 586 g/mol. The van der Waals surface area contributed by atoms with Crippen LogP contribution in [0.3, 0.4) is 0 Å². The number of anilines is 1. The van der Waals surface area contributed by atoms with Gasteiger partial charge in [0.05, 0.1) is 38.9 Å². The van der Waals surface area contributed by atoms with Gasteiger partial charge < -0.3 is 24.4 Å². The van der Waals surface area contributed by atoms with E-state index in [-0.39, 0.29) is 23.0 Å². The summed E-state index contributed by atoms with van der Waals surface area (Å²) in [6.45, 7) is 0. The van der Waals surface area contributed by atoms with Crippen LogP contribution in [0.5, 0.6) is 17.2 Å². The highest BCUT2D eigenvalue weighted by molar-refractivity contribution is 6.17. The summed E-state index contributed by atoms with van der Waals surface area (Å²) in [5.74, 6) is -0.673. The molecule has 0 aromatic heterocycles. The third-order valence-electron chi connectivity index (χ3n) is 9.17. The summed E-state index contributed by atoms with van der Waals surface area (Å²) in [4.78, 5) is 46.4. The van der Waals surface area contributed by atoms with E-state index in [4.69, 9.17) is 14.2 Å². The lowest BCUT2D eigenvalue weighted by Crippen LogP contribution is -2.49. The topological polar surface area (TPSA) is 94.2 Å². The van der Waals surface area contributed by atoms with Crippen LogP contribution in [0.15, 0.2) is 97.2 Å². The zero-order valence-electron chi connectivity index (χ0n) is 24.4. The molecule has 1 amide bonds. The van der Waals surface area contributed by atoms with Crippen LogP contribution in [-0.4, -0.2) is 49.7 Å². The molecule has 4 aromatic rings. The fraction of sp³-hybridized carbons (Fsp3) is 0.194. The Morgan fingerprint density at radius 2 is 1.50 bits per heavy atom. The Labute approximate surface area is 254 Å². The molecule has 3 heterocycles. The van der Waals surface area contributed by atoms with Crippen molar-refractivity contribution in [2.75, 3.05) is 26.6 Å². The molecule has 0 saturated carbocycles. The molecule has 220 valence electrons. The fourth-order valence-electron chi connectivity index (χ4n) is 7.26. The number of ketones is 2. The highest BCUT2D eigenvalue weighted by Gasteiger charge is 2.70. The molecule has 1 fully saturated rings. The van der Waals surface area contributed by atoms with E-state index in [0.717, 1.165) is 11.1 Å². The van der Waals surface area contributed by atoms with Crippen LogP contribution >= 0.6 is 0 Å². The number of nitrogens with zero attached hydrogens (tertiary/aromatic N) is 1. The molecule has 3 aliphatic rings. The van der Waals surface area contributed by atoms with Crippen LogP contribution in [0, 0.1) is 5.92 Å². The molecule has 0 unspecified atom stereocenters. The summed E-state index contributed by atoms with van der Waals surface area (Å²) in [6.07, 6.45) is 3.79. The lowest BCUT2D eigenvalue weighted by molar-refractivity contribution is -0.122. The number of benzene rings is 4. The van der Waals surface area contributed by atoms with E-state index >= 15 is 4.79 Å². The Balaban J connectivity index is 1.52. The van der Waals surface area contributed by atoms with Gasteiger partial charge in [-0.2, -0.15) is 0 Å². The molecular weight excluding hydrogens is 556 g/mol. The second kappa shape index (κ2) is 10.4. The first-order valence-corrected chi connectivity index (χ1v) is 14.3. The van der Waals surface area contributed by atoms with Crippen molar-refractivity contribution in [3.8, 4) is 17.2 Å². The van der Waals surface area contributed by atoms with Gasteiger partial charge in [0.15, 0.2) is 11.6 Å². The highest BCUT2D eigenvalue weighted by atomic mass is 16.5. The number of rotatable bonds is 7. The summed E-state index contributed by atoms with van der Waals surface area (Å²) in [5, 5.41) is 3.07. The lowest BCUT2D eigenvalue weighted by Gasteiger charge is -2.38. The van der Waals surface area contributed by atoms with E-state index in [1.54, 1.807) is 49.6 Å². The molecule has 3 aliphatic heterocycles. The van der Waals surface area contributed by atoms with E-state index in [1.165, 1.54) is 14.2 Å². The van der Waals surface area contributed by atoms with Crippen molar-refractivity contribution in [2.45, 2.75) is 17.5 Å². The summed E-state index contributed by atoms with van der Waals surface area (Å²) in [7, 11) is 4.58. The normalized spacial score (nSPS) is 22.6. The summed E-state index contributed by atoms with van der Waals surface area (Å²) in [5.41, 5.74) is 2.33. The maximum atomic E-state index is 15.1. The van der Waals surface area contributed by atoms with Crippen LogP contribution in [0.25, 0.3) is 6.08 Å². The van der Waals surface area contributed by atoms with E-state index < -0.39 is 23.4 Å². The van der Waals surface area contributed by atoms with Gasteiger partial charge >= 0.3 is 0 Å². The average molecular weight is 587 g/mol. The maximum absolute atomic E-state index is 15.1. The van der Waals surface area contributed by atoms with E-state index in [9.17, 15) is 9.59 Å². The summed E-state index contributed by atoms with van der Waals surface area (Å²) < 4.78 is 16.4. The molecule has 0 radical (unpaired) electrons. The molecule has 44 heavy (non-hydrogen) atoms. The van der Waals surface area contributed by atoms with Crippen molar-refractivity contribution in [2.24, 2.45) is 5.92 Å². The predicted molar refractivity (Wildman–Crippen MR) is 165 cm³/mol. The Morgan fingerprint density at radius 1 is 0.795 bits per heavy atom.